The topological polar surface area (TPSA) is 61.8 Å². The van der Waals surface area contributed by atoms with E-state index >= 15 is 4.79 Å². The number of fused-ring (bicyclic) bond motifs is 6. The molecule has 2 saturated carbocycles. The van der Waals surface area contributed by atoms with Crippen molar-refractivity contribution in [2.45, 2.75) is 88.6 Å². The maximum atomic E-state index is 15.4. The van der Waals surface area contributed by atoms with Crippen molar-refractivity contribution in [2.24, 2.45) is 23.2 Å². The van der Waals surface area contributed by atoms with Gasteiger partial charge in [-0.15, -0.1) is 6.58 Å². The predicted octanol–water partition coefficient (Wildman–Crippen LogP) is 7.57. The van der Waals surface area contributed by atoms with Crippen LogP contribution in [0.5, 0.6) is 5.75 Å². The van der Waals surface area contributed by atoms with E-state index < -0.39 is 25.4 Å². The van der Waals surface area contributed by atoms with Crippen LogP contribution in [-0.2, 0) is 25.2 Å². The lowest BCUT2D eigenvalue weighted by atomic mass is 9.48. The average molecular weight is 573 g/mol. The molecule has 1 heterocycles. The highest BCUT2D eigenvalue weighted by atomic mass is 28.4. The minimum Gasteiger partial charge on any atom is -0.497 e. The van der Waals surface area contributed by atoms with Gasteiger partial charge in [0, 0.05) is 24.2 Å². The fourth-order valence-electron chi connectivity index (χ4n) is 8.42. The van der Waals surface area contributed by atoms with Crippen LogP contribution in [0.1, 0.15) is 75.2 Å². The van der Waals surface area contributed by atoms with Crippen LogP contribution >= 0.6 is 0 Å². The molecule has 0 aromatic heterocycles. The van der Waals surface area contributed by atoms with E-state index in [-0.39, 0.29) is 40.5 Å². The zero-order chi connectivity index (χ0) is 29.4. The van der Waals surface area contributed by atoms with Gasteiger partial charge in [-0.05, 0) is 78.6 Å². The van der Waals surface area contributed by atoms with Crippen LogP contribution in [0.25, 0.3) is 0 Å². The van der Waals surface area contributed by atoms with Gasteiger partial charge < -0.3 is 13.9 Å². The molecule has 1 spiro atoms. The van der Waals surface area contributed by atoms with Crippen LogP contribution in [0.2, 0.25) is 18.1 Å². The van der Waals surface area contributed by atoms with Gasteiger partial charge in [-0.1, -0.05) is 63.2 Å². The Balaban J connectivity index is 1.57. The Labute approximate surface area is 245 Å². The van der Waals surface area contributed by atoms with Gasteiger partial charge in [0.1, 0.15) is 22.9 Å². The van der Waals surface area contributed by atoms with Crippen LogP contribution < -0.4 is 4.74 Å². The van der Waals surface area contributed by atoms with Crippen molar-refractivity contribution < 1.29 is 23.5 Å². The number of rotatable bonds is 7. The molecule has 6 rings (SSSR count). The van der Waals surface area contributed by atoms with Crippen LogP contribution in [-0.4, -0.2) is 32.8 Å². The molecule has 0 N–H and O–H groups in total. The molecule has 0 unspecified atom stereocenters. The smallest absolute Gasteiger partial charge is 0.321 e. The SMILES string of the molecule is C=C[C@H]1CC[C@@H]2[C@@H]3CCc4ccc(OC)cc4[C@@H]3[C@@]3(C(=O)[C@@H](O[Si](C)(C)C(C)(C)C)c4ccccc4)C[C@]21OC3=O. The standard InChI is InChI=1S/C35H44O5Si/c1-8-24-16-19-28-26-18-15-22-14-17-25(38-5)20-27(22)29(26)34(21-35(24,28)39-32(34)37)31(36)30(23-12-10-9-11-13-23)40-41(6,7)33(2,3)4/h8-14,17,20,24,26,28-30H,1,15-16,18-19,21H2,2-7H3/t24-,26-,28+,29+,30-,34+,35+/m0/s1. The van der Waals surface area contributed by atoms with E-state index in [2.05, 4.69) is 52.6 Å². The van der Waals surface area contributed by atoms with Crippen LogP contribution in [0.15, 0.2) is 61.2 Å². The van der Waals surface area contributed by atoms with Crippen molar-refractivity contribution in [1.82, 2.24) is 0 Å². The minimum atomic E-state index is -2.42. The average Bonchev–Trinajstić information content (AvgIpc) is 3.44. The Morgan fingerprint density at radius 2 is 1.85 bits per heavy atom. The first-order chi connectivity index (χ1) is 19.4. The summed E-state index contributed by atoms with van der Waals surface area (Å²) in [6.07, 6.45) is 5.28. The molecular weight excluding hydrogens is 528 g/mol. The quantitative estimate of drug-likeness (QED) is 0.148. The van der Waals surface area contributed by atoms with E-state index in [0.29, 0.717) is 6.42 Å². The predicted molar refractivity (Wildman–Crippen MR) is 162 cm³/mol. The highest BCUT2D eigenvalue weighted by Gasteiger charge is 2.76. The number of benzene rings is 2. The largest absolute Gasteiger partial charge is 0.497 e. The zero-order valence-electron chi connectivity index (χ0n) is 25.4. The van der Waals surface area contributed by atoms with E-state index in [1.54, 1.807) is 7.11 Å². The molecule has 4 aliphatic rings. The summed E-state index contributed by atoms with van der Waals surface area (Å²) in [5.41, 5.74) is 1.06. The van der Waals surface area contributed by atoms with Gasteiger partial charge in [0.15, 0.2) is 14.1 Å². The lowest BCUT2D eigenvalue weighted by molar-refractivity contribution is -0.159. The fourth-order valence-corrected chi connectivity index (χ4v) is 9.61. The van der Waals surface area contributed by atoms with Crippen molar-refractivity contribution >= 4 is 20.1 Å². The molecule has 218 valence electrons. The Hall–Kier alpha value is -2.70. The summed E-state index contributed by atoms with van der Waals surface area (Å²) in [6, 6.07) is 16.0. The second kappa shape index (κ2) is 9.67. The molecule has 2 bridgehead atoms. The van der Waals surface area contributed by atoms with Gasteiger partial charge in [0.25, 0.3) is 0 Å². The van der Waals surface area contributed by atoms with E-state index in [4.69, 9.17) is 13.9 Å². The Kier molecular flexibility index (Phi) is 6.70. The van der Waals surface area contributed by atoms with E-state index in [9.17, 15) is 4.79 Å². The molecule has 2 aromatic carbocycles. The third kappa shape index (κ3) is 4.04. The van der Waals surface area contributed by atoms with Gasteiger partial charge >= 0.3 is 5.97 Å². The van der Waals surface area contributed by atoms with Gasteiger partial charge in [0.2, 0.25) is 0 Å². The highest BCUT2D eigenvalue weighted by Crippen LogP contribution is 2.71. The molecule has 2 aromatic rings. The lowest BCUT2D eigenvalue weighted by Gasteiger charge is -2.52. The fraction of sp³-hybridized carbons (Fsp3) is 0.543. The number of Topliss-reactive ketones (excluding diaryl/α,β-unsaturated/α-hetero) is 1. The summed E-state index contributed by atoms with van der Waals surface area (Å²) < 4.78 is 19.2. The van der Waals surface area contributed by atoms with Crippen molar-refractivity contribution in [3.63, 3.8) is 0 Å². The third-order valence-electron chi connectivity index (χ3n) is 11.4. The lowest BCUT2D eigenvalue weighted by Crippen LogP contribution is -2.56. The van der Waals surface area contributed by atoms with Gasteiger partial charge in [-0.2, -0.15) is 0 Å². The molecule has 1 aliphatic heterocycles. The van der Waals surface area contributed by atoms with E-state index in [1.165, 1.54) is 5.56 Å². The molecule has 3 aliphatic carbocycles. The summed E-state index contributed by atoms with van der Waals surface area (Å²) in [5, 5.41) is -0.111. The summed E-state index contributed by atoms with van der Waals surface area (Å²) in [5.74, 6) is 0.378. The Bertz CT molecular complexity index is 1380. The normalized spacial score (nSPS) is 32.8. The third-order valence-corrected chi connectivity index (χ3v) is 15.9. The summed E-state index contributed by atoms with van der Waals surface area (Å²) in [7, 11) is -0.749. The van der Waals surface area contributed by atoms with Gasteiger partial charge in [-0.3, -0.25) is 9.59 Å². The molecule has 7 atom stereocenters. The number of hydrogen-bond acceptors (Lipinski definition) is 5. The van der Waals surface area contributed by atoms with Crippen LogP contribution in [0, 0.1) is 23.2 Å². The van der Waals surface area contributed by atoms with Gasteiger partial charge in [0.05, 0.1) is 7.11 Å². The Morgan fingerprint density at radius 3 is 2.51 bits per heavy atom. The molecular formula is C35H44O5Si. The molecule has 41 heavy (non-hydrogen) atoms. The maximum absolute atomic E-state index is 15.4. The van der Waals surface area contributed by atoms with Crippen molar-refractivity contribution in [3.05, 3.63) is 77.9 Å². The first-order valence-electron chi connectivity index (χ1n) is 15.2. The number of ketones is 1. The second-order valence-corrected chi connectivity index (χ2v) is 19.1. The van der Waals surface area contributed by atoms with Crippen molar-refractivity contribution in [3.8, 4) is 5.75 Å². The van der Waals surface area contributed by atoms with Crippen molar-refractivity contribution in [1.29, 1.82) is 0 Å². The number of aryl methyl sites for hydroxylation is 1. The second-order valence-electron chi connectivity index (χ2n) is 14.3. The zero-order valence-corrected chi connectivity index (χ0v) is 26.4. The van der Waals surface area contributed by atoms with E-state index in [0.717, 1.165) is 42.6 Å². The summed E-state index contributed by atoms with van der Waals surface area (Å²) in [6.45, 7) is 15.0. The number of ether oxygens (including phenoxy) is 2. The number of hydrogen-bond donors (Lipinski definition) is 0. The summed E-state index contributed by atoms with van der Waals surface area (Å²) in [4.78, 5) is 30.0. The molecule has 6 heteroatoms. The number of carbonyl (C=O) groups excluding carboxylic acids is 2. The number of carbonyl (C=O) groups is 2. The molecule has 0 radical (unpaired) electrons. The summed E-state index contributed by atoms with van der Waals surface area (Å²) >= 11 is 0. The monoisotopic (exact) mass is 572 g/mol. The minimum absolute atomic E-state index is 0.0512. The van der Waals surface area contributed by atoms with Crippen molar-refractivity contribution in [2.75, 3.05) is 7.11 Å². The highest BCUT2D eigenvalue weighted by molar-refractivity contribution is 6.74. The first kappa shape index (κ1) is 28.4. The van der Waals surface area contributed by atoms with Crippen LogP contribution in [0.4, 0.5) is 0 Å². The number of esters is 1. The molecule has 0 amide bonds. The Morgan fingerprint density at radius 1 is 1.12 bits per heavy atom. The maximum Gasteiger partial charge on any atom is 0.321 e. The van der Waals surface area contributed by atoms with E-state index in [1.807, 2.05) is 42.5 Å². The molecule has 1 saturated heterocycles. The van der Waals surface area contributed by atoms with Gasteiger partial charge in [-0.25, -0.2) is 0 Å². The first-order valence-corrected chi connectivity index (χ1v) is 18.1. The molecule has 3 fully saturated rings. The van der Waals surface area contributed by atoms with Crippen LogP contribution in [0.3, 0.4) is 0 Å². The number of methoxy groups -OCH3 is 1. The molecule has 5 nitrogen and oxygen atoms in total.